The summed E-state index contributed by atoms with van der Waals surface area (Å²) in [7, 11) is 0. The van der Waals surface area contributed by atoms with E-state index in [2.05, 4.69) is 14.9 Å². The molecule has 1 heterocycles. The summed E-state index contributed by atoms with van der Waals surface area (Å²) in [4.78, 5) is 11.1. The first-order valence-corrected chi connectivity index (χ1v) is 3.49. The van der Waals surface area contributed by atoms with Crippen LogP contribution in [0.3, 0.4) is 0 Å². The van der Waals surface area contributed by atoms with E-state index < -0.39 is 11.6 Å². The Morgan fingerprint density at radius 3 is 2.67 bits per heavy atom. The minimum Gasteiger partial charge on any atom is -0.455 e. The molecule has 0 bridgehead atoms. The molecule has 0 N–H and O–H groups in total. The molecule has 1 rings (SSSR count). The lowest BCUT2D eigenvalue weighted by Gasteiger charge is -2.17. The third kappa shape index (κ3) is 2.34. The number of hydrogen-bond donors (Lipinski definition) is 0. The number of carbonyl (C=O) groups is 1. The van der Waals surface area contributed by atoms with E-state index in [1.54, 1.807) is 20.8 Å². The monoisotopic (exact) mass is 170 g/mol. The van der Waals surface area contributed by atoms with E-state index >= 15 is 0 Å². The summed E-state index contributed by atoms with van der Waals surface area (Å²) in [6.07, 6.45) is 1.15. The summed E-state index contributed by atoms with van der Waals surface area (Å²) in [5, 5.41) is 6.56. The van der Waals surface area contributed by atoms with Crippen LogP contribution in [0.5, 0.6) is 0 Å². The molecule has 12 heavy (non-hydrogen) atoms. The lowest BCUT2D eigenvalue weighted by Crippen LogP contribution is -2.24. The van der Waals surface area contributed by atoms with Gasteiger partial charge in [0.1, 0.15) is 5.60 Å². The molecular formula is C7H10N2O3. The lowest BCUT2D eigenvalue weighted by molar-refractivity contribution is 0.00625. The van der Waals surface area contributed by atoms with Crippen molar-refractivity contribution in [3.8, 4) is 0 Å². The van der Waals surface area contributed by atoms with Crippen LogP contribution in [0.1, 0.15) is 31.3 Å². The van der Waals surface area contributed by atoms with Crippen molar-refractivity contribution >= 4 is 5.97 Å². The van der Waals surface area contributed by atoms with Crippen LogP contribution in [-0.4, -0.2) is 21.9 Å². The van der Waals surface area contributed by atoms with Gasteiger partial charge in [-0.25, -0.2) is 4.79 Å². The molecule has 0 radical (unpaired) electrons. The van der Waals surface area contributed by atoms with Gasteiger partial charge < -0.3 is 9.26 Å². The van der Waals surface area contributed by atoms with Crippen molar-refractivity contribution in [2.75, 3.05) is 0 Å². The largest absolute Gasteiger partial charge is 0.455 e. The van der Waals surface area contributed by atoms with Crippen LogP contribution in [0.4, 0.5) is 0 Å². The SMILES string of the molecule is CC(C)(C)OC(=O)c1conn1. The molecule has 0 amide bonds. The maximum Gasteiger partial charge on any atom is 0.362 e. The molecule has 0 unspecified atom stereocenters. The van der Waals surface area contributed by atoms with Crippen molar-refractivity contribution < 1.29 is 14.1 Å². The fourth-order valence-corrected chi connectivity index (χ4v) is 0.584. The molecule has 0 spiro atoms. The maximum atomic E-state index is 11.1. The Hall–Kier alpha value is -1.39. The van der Waals surface area contributed by atoms with Gasteiger partial charge in [-0.1, -0.05) is 0 Å². The zero-order valence-electron chi connectivity index (χ0n) is 7.20. The van der Waals surface area contributed by atoms with Gasteiger partial charge in [0.15, 0.2) is 6.26 Å². The number of hydrogen-bond acceptors (Lipinski definition) is 5. The molecule has 0 aliphatic carbocycles. The van der Waals surface area contributed by atoms with Gasteiger partial charge in [-0.05, 0) is 20.8 Å². The van der Waals surface area contributed by atoms with E-state index in [9.17, 15) is 4.79 Å². The highest BCUT2D eigenvalue weighted by Crippen LogP contribution is 2.09. The predicted molar refractivity (Wildman–Crippen MR) is 39.5 cm³/mol. The first-order chi connectivity index (χ1) is 5.49. The standard InChI is InChI=1S/C7H10N2O3/c1-7(2,3)12-6(10)5-4-11-9-8-5/h4H,1-3H3. The number of rotatable bonds is 1. The van der Waals surface area contributed by atoms with Crippen molar-refractivity contribution in [2.45, 2.75) is 26.4 Å². The van der Waals surface area contributed by atoms with E-state index in [1.807, 2.05) is 0 Å². The summed E-state index contributed by atoms with van der Waals surface area (Å²) in [5.41, 5.74) is -0.430. The Labute approximate surface area is 69.7 Å². The van der Waals surface area contributed by atoms with Gasteiger partial charge in [-0.15, -0.1) is 5.10 Å². The summed E-state index contributed by atoms with van der Waals surface area (Å²) >= 11 is 0. The molecule has 0 saturated carbocycles. The molecule has 1 aromatic rings. The molecule has 66 valence electrons. The van der Waals surface area contributed by atoms with Crippen LogP contribution in [0.15, 0.2) is 10.8 Å². The Morgan fingerprint density at radius 2 is 2.25 bits per heavy atom. The molecule has 0 atom stereocenters. The second kappa shape index (κ2) is 2.92. The zero-order valence-corrected chi connectivity index (χ0v) is 7.20. The Bertz CT molecular complexity index is 261. The van der Waals surface area contributed by atoms with Crippen molar-refractivity contribution in [2.24, 2.45) is 0 Å². The van der Waals surface area contributed by atoms with Gasteiger partial charge in [0.2, 0.25) is 5.69 Å². The molecule has 0 fully saturated rings. The van der Waals surface area contributed by atoms with Gasteiger partial charge >= 0.3 is 5.97 Å². The highest BCUT2D eigenvalue weighted by atomic mass is 16.6. The second-order valence-electron chi connectivity index (χ2n) is 3.29. The molecule has 5 heteroatoms. The van der Waals surface area contributed by atoms with Crippen LogP contribution >= 0.6 is 0 Å². The molecule has 0 saturated heterocycles. The Balaban J connectivity index is 2.63. The third-order valence-electron chi connectivity index (χ3n) is 0.968. The summed E-state index contributed by atoms with van der Waals surface area (Å²) < 4.78 is 9.37. The number of aromatic nitrogens is 2. The van der Waals surface area contributed by atoms with Crippen molar-refractivity contribution in [3.63, 3.8) is 0 Å². The van der Waals surface area contributed by atoms with Gasteiger partial charge in [0, 0.05) is 5.27 Å². The van der Waals surface area contributed by atoms with E-state index in [4.69, 9.17) is 4.74 Å². The van der Waals surface area contributed by atoms with Crippen molar-refractivity contribution in [3.05, 3.63) is 12.0 Å². The quantitative estimate of drug-likeness (QED) is 0.589. The lowest BCUT2D eigenvalue weighted by atomic mass is 10.2. The molecule has 0 aromatic carbocycles. The van der Waals surface area contributed by atoms with Crippen LogP contribution in [0.25, 0.3) is 0 Å². The molecule has 5 nitrogen and oxygen atoms in total. The van der Waals surface area contributed by atoms with Gasteiger partial charge in [0.25, 0.3) is 0 Å². The Kier molecular flexibility index (Phi) is 2.12. The average molecular weight is 170 g/mol. The highest BCUT2D eigenvalue weighted by molar-refractivity contribution is 5.86. The molecule has 1 aromatic heterocycles. The number of carbonyl (C=O) groups excluding carboxylic acids is 1. The first-order valence-electron chi connectivity index (χ1n) is 3.49. The van der Waals surface area contributed by atoms with Crippen molar-refractivity contribution in [1.82, 2.24) is 10.4 Å². The van der Waals surface area contributed by atoms with Gasteiger partial charge in [-0.3, -0.25) is 0 Å². The van der Waals surface area contributed by atoms with Crippen LogP contribution < -0.4 is 0 Å². The molecule has 0 aliphatic heterocycles. The van der Waals surface area contributed by atoms with E-state index in [0.29, 0.717) is 0 Å². The van der Waals surface area contributed by atoms with Crippen LogP contribution in [0, 0.1) is 0 Å². The van der Waals surface area contributed by atoms with Gasteiger partial charge in [-0.2, -0.15) is 0 Å². The second-order valence-corrected chi connectivity index (χ2v) is 3.29. The number of nitrogens with zero attached hydrogens (tertiary/aromatic N) is 2. The maximum absolute atomic E-state index is 11.1. The smallest absolute Gasteiger partial charge is 0.362 e. The number of esters is 1. The van der Waals surface area contributed by atoms with Crippen LogP contribution in [-0.2, 0) is 4.74 Å². The van der Waals surface area contributed by atoms with Crippen molar-refractivity contribution in [1.29, 1.82) is 0 Å². The van der Waals surface area contributed by atoms with E-state index in [0.717, 1.165) is 6.26 Å². The summed E-state index contributed by atoms with van der Waals surface area (Å²) in [6.45, 7) is 5.33. The average Bonchev–Trinajstić information content (AvgIpc) is 2.32. The van der Waals surface area contributed by atoms with Gasteiger partial charge in [0.05, 0.1) is 0 Å². The molecular weight excluding hydrogens is 160 g/mol. The molecule has 0 aliphatic rings. The summed E-state index contributed by atoms with van der Waals surface area (Å²) in [6, 6.07) is 0. The highest BCUT2D eigenvalue weighted by Gasteiger charge is 2.19. The Morgan fingerprint density at radius 1 is 1.58 bits per heavy atom. The third-order valence-corrected chi connectivity index (χ3v) is 0.968. The topological polar surface area (TPSA) is 65.2 Å². The minimum atomic E-state index is -0.524. The number of ether oxygens (including phenoxy) is 1. The minimum absolute atomic E-state index is 0.0879. The first kappa shape index (κ1) is 8.70. The summed E-state index contributed by atoms with van der Waals surface area (Å²) in [5.74, 6) is -0.524. The normalized spacial score (nSPS) is 11.2. The van der Waals surface area contributed by atoms with Crippen LogP contribution in [0.2, 0.25) is 0 Å². The predicted octanol–water partition coefficient (Wildman–Crippen LogP) is 1.02. The van der Waals surface area contributed by atoms with E-state index in [1.165, 1.54) is 0 Å². The van der Waals surface area contributed by atoms with E-state index in [-0.39, 0.29) is 5.69 Å². The fourth-order valence-electron chi connectivity index (χ4n) is 0.584. The fraction of sp³-hybridized carbons (Fsp3) is 0.571. The zero-order chi connectivity index (χ0) is 9.19.